The Morgan fingerprint density at radius 3 is 3.04 bits per heavy atom. The van der Waals surface area contributed by atoms with E-state index < -0.39 is 5.97 Å². The summed E-state index contributed by atoms with van der Waals surface area (Å²) in [5.41, 5.74) is 1.23. The number of nitrogens with zero attached hydrogens (tertiary/aromatic N) is 1. The second-order valence-corrected chi connectivity index (χ2v) is 7.60. The zero-order valence-corrected chi connectivity index (χ0v) is 15.6. The van der Waals surface area contributed by atoms with Crippen LogP contribution in [0.25, 0.3) is 0 Å². The Morgan fingerprint density at radius 2 is 2.29 bits per heavy atom. The largest absolute Gasteiger partial charge is 0.463 e. The number of carbonyl (C=O) groups excluding carboxylic acids is 2. The lowest BCUT2D eigenvalue weighted by Crippen LogP contribution is -2.28. The summed E-state index contributed by atoms with van der Waals surface area (Å²) < 4.78 is 11.0. The average Bonchev–Trinajstić information content (AvgIpc) is 3.04. The maximum Gasteiger partial charge on any atom is 0.373 e. The predicted octanol–water partition coefficient (Wildman–Crippen LogP) is 4.07. The van der Waals surface area contributed by atoms with Gasteiger partial charge in [0.25, 0.3) is 0 Å². The summed E-state index contributed by atoms with van der Waals surface area (Å²) in [6.07, 6.45) is 7.60. The molecule has 2 aliphatic rings. The van der Waals surface area contributed by atoms with Gasteiger partial charge in [0.2, 0.25) is 11.7 Å². The molecule has 0 N–H and O–H groups in total. The molecule has 1 aromatic rings. The summed E-state index contributed by atoms with van der Waals surface area (Å²) >= 11 is 3.41. The molecule has 6 heteroatoms. The lowest BCUT2D eigenvalue weighted by Gasteiger charge is -2.31. The first-order valence-electron chi connectivity index (χ1n) is 8.32. The molecule has 0 saturated carbocycles. The number of hydrogen-bond donors (Lipinski definition) is 0. The molecule has 1 saturated heterocycles. The molecule has 24 heavy (non-hydrogen) atoms. The van der Waals surface area contributed by atoms with Gasteiger partial charge in [0.15, 0.2) is 0 Å². The standard InChI is InChI=1S/C18H22BrNO4/c1-18-8-4-3-7-15(18)20(16(21)11-18)9-5-6-13-12(19)10-14(24-13)17(22)23-2/h7,10H,3-6,8-9,11H2,1-2H3. The summed E-state index contributed by atoms with van der Waals surface area (Å²) in [4.78, 5) is 25.8. The number of fused-ring (bicyclic) bond motifs is 1. The highest BCUT2D eigenvalue weighted by Gasteiger charge is 2.44. The van der Waals surface area contributed by atoms with E-state index in [9.17, 15) is 9.59 Å². The number of furan rings is 1. The van der Waals surface area contributed by atoms with E-state index in [4.69, 9.17) is 4.42 Å². The van der Waals surface area contributed by atoms with Crippen LogP contribution in [-0.2, 0) is 16.0 Å². The molecule has 1 unspecified atom stereocenters. The van der Waals surface area contributed by atoms with Crippen molar-refractivity contribution in [1.82, 2.24) is 4.90 Å². The molecule has 3 rings (SSSR count). The number of amides is 1. The second-order valence-electron chi connectivity index (χ2n) is 6.74. The fourth-order valence-corrected chi connectivity index (χ4v) is 4.19. The van der Waals surface area contributed by atoms with Crippen LogP contribution < -0.4 is 0 Å². The number of aryl methyl sites for hydroxylation is 1. The SMILES string of the molecule is COC(=O)c1cc(Br)c(CCCN2C(=O)CC3(C)CCCC=C23)o1. The highest BCUT2D eigenvalue weighted by atomic mass is 79.9. The van der Waals surface area contributed by atoms with Crippen molar-refractivity contribution in [3.05, 3.63) is 33.8 Å². The number of ether oxygens (including phenoxy) is 1. The van der Waals surface area contributed by atoms with Crippen LogP contribution in [0.4, 0.5) is 0 Å². The lowest BCUT2D eigenvalue weighted by atomic mass is 9.77. The zero-order valence-electron chi connectivity index (χ0n) is 14.1. The van der Waals surface area contributed by atoms with Crippen LogP contribution >= 0.6 is 15.9 Å². The van der Waals surface area contributed by atoms with Crippen molar-refractivity contribution >= 4 is 27.8 Å². The first kappa shape index (κ1) is 17.3. The van der Waals surface area contributed by atoms with Gasteiger partial charge in [0.05, 0.1) is 11.6 Å². The van der Waals surface area contributed by atoms with E-state index in [2.05, 4.69) is 33.7 Å². The third-order valence-electron chi connectivity index (χ3n) is 4.95. The Kier molecular flexibility index (Phi) is 4.85. The van der Waals surface area contributed by atoms with Gasteiger partial charge < -0.3 is 14.1 Å². The lowest BCUT2D eigenvalue weighted by molar-refractivity contribution is -0.127. The highest BCUT2D eigenvalue weighted by molar-refractivity contribution is 9.10. The van der Waals surface area contributed by atoms with E-state index in [0.29, 0.717) is 25.1 Å². The molecule has 0 spiro atoms. The Balaban J connectivity index is 1.63. The molecule has 0 bridgehead atoms. The number of allylic oxidation sites excluding steroid dienone is 2. The van der Waals surface area contributed by atoms with Crippen molar-refractivity contribution in [2.45, 2.75) is 45.4 Å². The maximum atomic E-state index is 12.4. The molecular weight excluding hydrogens is 374 g/mol. The predicted molar refractivity (Wildman–Crippen MR) is 92.4 cm³/mol. The van der Waals surface area contributed by atoms with E-state index in [1.54, 1.807) is 6.07 Å². The normalized spacial score (nSPS) is 23.2. The maximum absolute atomic E-state index is 12.4. The van der Waals surface area contributed by atoms with Crippen LogP contribution in [0, 0.1) is 5.41 Å². The molecule has 1 aliphatic heterocycles. The van der Waals surface area contributed by atoms with E-state index in [1.165, 1.54) is 12.8 Å². The zero-order chi connectivity index (χ0) is 17.3. The Hall–Kier alpha value is -1.56. The second kappa shape index (κ2) is 6.75. The van der Waals surface area contributed by atoms with Crippen LogP contribution in [0.5, 0.6) is 0 Å². The van der Waals surface area contributed by atoms with E-state index in [-0.39, 0.29) is 17.1 Å². The number of carbonyl (C=O) groups is 2. The first-order valence-corrected chi connectivity index (χ1v) is 9.11. The minimum Gasteiger partial charge on any atom is -0.463 e. The smallest absolute Gasteiger partial charge is 0.373 e. The molecule has 5 nitrogen and oxygen atoms in total. The van der Waals surface area contributed by atoms with Gasteiger partial charge in [-0.25, -0.2) is 4.79 Å². The van der Waals surface area contributed by atoms with Crippen molar-refractivity contribution in [3.63, 3.8) is 0 Å². The van der Waals surface area contributed by atoms with Gasteiger partial charge in [-0.3, -0.25) is 4.79 Å². The van der Waals surface area contributed by atoms with Crippen LogP contribution in [0.3, 0.4) is 0 Å². The molecular formula is C18H22BrNO4. The van der Waals surface area contributed by atoms with Gasteiger partial charge in [-0.05, 0) is 41.6 Å². The molecule has 1 aliphatic carbocycles. The Labute approximate surface area is 150 Å². The third kappa shape index (κ3) is 3.16. The molecule has 130 valence electrons. The van der Waals surface area contributed by atoms with Gasteiger partial charge in [-0.2, -0.15) is 0 Å². The summed E-state index contributed by atoms with van der Waals surface area (Å²) in [6.45, 7) is 2.88. The quantitative estimate of drug-likeness (QED) is 0.705. The fourth-order valence-electron chi connectivity index (χ4n) is 3.71. The van der Waals surface area contributed by atoms with Crippen LogP contribution in [-0.4, -0.2) is 30.4 Å². The molecule has 2 heterocycles. The minimum absolute atomic E-state index is 0.0264. The van der Waals surface area contributed by atoms with E-state index in [0.717, 1.165) is 30.2 Å². The first-order chi connectivity index (χ1) is 11.4. The monoisotopic (exact) mass is 395 g/mol. The number of methoxy groups -OCH3 is 1. The number of hydrogen-bond acceptors (Lipinski definition) is 4. The summed E-state index contributed by atoms with van der Waals surface area (Å²) in [6, 6.07) is 1.63. The highest BCUT2D eigenvalue weighted by Crippen LogP contribution is 2.47. The van der Waals surface area contributed by atoms with Crippen LogP contribution in [0.2, 0.25) is 0 Å². The van der Waals surface area contributed by atoms with Gasteiger partial charge in [0.1, 0.15) is 5.76 Å². The third-order valence-corrected chi connectivity index (χ3v) is 5.62. The Morgan fingerprint density at radius 1 is 1.50 bits per heavy atom. The summed E-state index contributed by atoms with van der Waals surface area (Å²) in [5.74, 6) is 0.640. The van der Waals surface area contributed by atoms with Gasteiger partial charge in [0, 0.05) is 36.6 Å². The molecule has 1 amide bonds. The minimum atomic E-state index is -0.486. The number of likely N-dealkylation sites (tertiary alicyclic amines) is 1. The Bertz CT molecular complexity index is 693. The van der Waals surface area contributed by atoms with Gasteiger partial charge >= 0.3 is 5.97 Å². The van der Waals surface area contributed by atoms with Crippen molar-refractivity contribution in [1.29, 1.82) is 0 Å². The number of esters is 1. The van der Waals surface area contributed by atoms with E-state index in [1.807, 2.05) is 4.90 Å². The number of rotatable bonds is 5. The fraction of sp³-hybridized carbons (Fsp3) is 0.556. The van der Waals surface area contributed by atoms with Crippen LogP contribution in [0.15, 0.2) is 26.7 Å². The van der Waals surface area contributed by atoms with Crippen molar-refractivity contribution in [3.8, 4) is 0 Å². The van der Waals surface area contributed by atoms with Crippen molar-refractivity contribution in [2.75, 3.05) is 13.7 Å². The van der Waals surface area contributed by atoms with Gasteiger partial charge in [-0.15, -0.1) is 0 Å². The summed E-state index contributed by atoms with van der Waals surface area (Å²) in [7, 11) is 1.33. The van der Waals surface area contributed by atoms with Crippen molar-refractivity contribution in [2.24, 2.45) is 5.41 Å². The average molecular weight is 396 g/mol. The summed E-state index contributed by atoms with van der Waals surface area (Å²) in [5, 5.41) is 0. The van der Waals surface area contributed by atoms with E-state index >= 15 is 0 Å². The van der Waals surface area contributed by atoms with Crippen LogP contribution in [0.1, 0.15) is 55.3 Å². The van der Waals surface area contributed by atoms with Gasteiger partial charge in [-0.1, -0.05) is 13.0 Å². The topological polar surface area (TPSA) is 59.8 Å². The molecule has 0 aromatic carbocycles. The number of halogens is 1. The molecule has 1 aromatic heterocycles. The van der Waals surface area contributed by atoms with Crippen molar-refractivity contribution < 1.29 is 18.7 Å². The molecule has 1 fully saturated rings. The molecule has 1 atom stereocenters. The molecule has 0 radical (unpaired) electrons.